The van der Waals surface area contributed by atoms with Crippen molar-refractivity contribution in [3.05, 3.63) is 65.3 Å². The van der Waals surface area contributed by atoms with Crippen molar-refractivity contribution in [2.45, 2.75) is 6.54 Å². The van der Waals surface area contributed by atoms with E-state index in [1.807, 2.05) is 30.3 Å². The second kappa shape index (κ2) is 8.93. The maximum absolute atomic E-state index is 11.0. The number of halogens is 1. The maximum Gasteiger partial charge on any atom is 0.255 e. The van der Waals surface area contributed by atoms with Crippen molar-refractivity contribution >= 4 is 34.4 Å². The number of anilines is 1. The molecule has 0 atom stereocenters. The van der Waals surface area contributed by atoms with Crippen molar-refractivity contribution in [2.75, 3.05) is 19.0 Å². The lowest BCUT2D eigenvalue weighted by Crippen LogP contribution is -2.20. The first-order valence-corrected chi connectivity index (χ1v) is 9.74. The number of nitrogens with two attached hydrogens (primary N) is 1. The summed E-state index contributed by atoms with van der Waals surface area (Å²) in [5, 5.41) is 3.66. The van der Waals surface area contributed by atoms with Gasteiger partial charge in [0.1, 0.15) is 0 Å². The number of nitrogens with zero attached hydrogens (tertiary/aromatic N) is 2. The number of pyridine rings is 1. The molecular formula is C22H19ClN4O4. The number of hydrogen-bond acceptors (Lipinski definition) is 7. The van der Waals surface area contributed by atoms with E-state index in [4.69, 9.17) is 31.2 Å². The molecule has 0 radical (unpaired) electrons. The summed E-state index contributed by atoms with van der Waals surface area (Å²) in [5.41, 5.74) is 8.89. The molecule has 8 nitrogen and oxygen atoms in total. The van der Waals surface area contributed by atoms with Crippen LogP contribution in [0, 0.1) is 0 Å². The second-order valence-corrected chi connectivity index (χ2v) is 7.05. The summed E-state index contributed by atoms with van der Waals surface area (Å²) in [4.78, 5) is 19.6. The molecular weight excluding hydrogens is 420 g/mol. The first-order chi connectivity index (χ1) is 15.0. The lowest BCUT2D eigenvalue weighted by atomic mass is 10.1. The molecule has 0 spiro atoms. The van der Waals surface area contributed by atoms with E-state index in [0.29, 0.717) is 34.4 Å². The average molecular weight is 439 g/mol. The van der Waals surface area contributed by atoms with Crippen LogP contribution < -0.4 is 20.5 Å². The minimum Gasteiger partial charge on any atom is -0.493 e. The molecule has 2 heterocycles. The van der Waals surface area contributed by atoms with Crippen LogP contribution in [-0.4, -0.2) is 29.6 Å². The van der Waals surface area contributed by atoms with E-state index in [0.717, 1.165) is 16.8 Å². The fourth-order valence-corrected chi connectivity index (χ4v) is 3.31. The molecule has 0 saturated heterocycles. The van der Waals surface area contributed by atoms with Gasteiger partial charge in [-0.15, -0.1) is 0 Å². The van der Waals surface area contributed by atoms with E-state index >= 15 is 0 Å². The summed E-state index contributed by atoms with van der Waals surface area (Å²) in [7, 11) is 1.50. The molecule has 2 aromatic carbocycles. The number of methoxy groups -OCH3 is 1. The van der Waals surface area contributed by atoms with Gasteiger partial charge in [-0.2, -0.15) is 4.98 Å². The molecule has 2 aromatic heterocycles. The number of amides is 1. The van der Waals surface area contributed by atoms with Gasteiger partial charge in [-0.1, -0.05) is 17.7 Å². The highest BCUT2D eigenvalue weighted by molar-refractivity contribution is 6.32. The number of carbonyl (C=O) groups excluding carboxylic acids is 1. The Morgan fingerprint density at radius 1 is 1.23 bits per heavy atom. The Morgan fingerprint density at radius 2 is 2.10 bits per heavy atom. The fourth-order valence-electron chi connectivity index (χ4n) is 3.02. The zero-order chi connectivity index (χ0) is 21.8. The molecule has 0 unspecified atom stereocenters. The number of fused-ring (bicyclic) bond motifs is 1. The van der Waals surface area contributed by atoms with Gasteiger partial charge in [-0.25, -0.2) is 4.98 Å². The summed E-state index contributed by atoms with van der Waals surface area (Å²) >= 11 is 6.31. The van der Waals surface area contributed by atoms with Gasteiger partial charge >= 0.3 is 0 Å². The number of ether oxygens (including phenoxy) is 2. The Labute approximate surface area is 183 Å². The molecule has 0 saturated carbocycles. The van der Waals surface area contributed by atoms with Crippen molar-refractivity contribution < 1.29 is 18.7 Å². The standard InChI is InChI=1S/C22H19ClN4O4/c1-29-18-9-13(8-16(23)20(18)30-12-19(24)28)11-26-15-5-2-4-14(10-15)22-27-21-17(31-22)6-3-7-25-21/h2-10,26H,11-12H2,1H3,(H2,24,28). The first kappa shape index (κ1) is 20.5. The topological polar surface area (TPSA) is 112 Å². The molecule has 4 aromatic rings. The molecule has 0 aliphatic heterocycles. The number of aromatic nitrogens is 2. The van der Waals surface area contributed by atoms with E-state index in [2.05, 4.69) is 15.3 Å². The van der Waals surface area contributed by atoms with Crippen LogP contribution in [0.25, 0.3) is 22.7 Å². The monoisotopic (exact) mass is 438 g/mol. The molecule has 0 bridgehead atoms. The van der Waals surface area contributed by atoms with Crippen LogP contribution in [0.3, 0.4) is 0 Å². The summed E-state index contributed by atoms with van der Waals surface area (Å²) in [6, 6.07) is 14.9. The Hall–Kier alpha value is -3.78. The highest BCUT2D eigenvalue weighted by Gasteiger charge is 2.14. The van der Waals surface area contributed by atoms with E-state index < -0.39 is 5.91 Å². The van der Waals surface area contributed by atoms with Gasteiger partial charge in [0.15, 0.2) is 29.3 Å². The highest BCUT2D eigenvalue weighted by Crippen LogP contribution is 2.36. The normalized spacial score (nSPS) is 10.8. The van der Waals surface area contributed by atoms with Crippen LogP contribution in [-0.2, 0) is 11.3 Å². The number of hydrogen-bond donors (Lipinski definition) is 2. The van der Waals surface area contributed by atoms with Gasteiger partial charge in [-0.05, 0) is 48.0 Å². The van der Waals surface area contributed by atoms with Crippen LogP contribution in [0.15, 0.2) is 59.1 Å². The summed E-state index contributed by atoms with van der Waals surface area (Å²) in [6.07, 6.45) is 1.68. The van der Waals surface area contributed by atoms with Crippen molar-refractivity contribution in [2.24, 2.45) is 5.73 Å². The number of rotatable bonds is 8. The second-order valence-electron chi connectivity index (χ2n) is 6.64. The molecule has 1 amide bonds. The molecule has 0 aliphatic carbocycles. The number of benzene rings is 2. The zero-order valence-electron chi connectivity index (χ0n) is 16.6. The minimum absolute atomic E-state index is 0.276. The summed E-state index contributed by atoms with van der Waals surface area (Å²) in [6.45, 7) is 0.191. The number of carbonyl (C=O) groups is 1. The van der Waals surface area contributed by atoms with Crippen LogP contribution in [0.4, 0.5) is 5.69 Å². The number of primary amides is 1. The van der Waals surface area contributed by atoms with Crippen molar-refractivity contribution in [1.82, 2.24) is 9.97 Å². The van der Waals surface area contributed by atoms with Gasteiger partial charge in [0.25, 0.3) is 5.91 Å². The van der Waals surface area contributed by atoms with Crippen LogP contribution in [0.5, 0.6) is 11.5 Å². The molecule has 9 heteroatoms. The number of oxazole rings is 1. The Morgan fingerprint density at radius 3 is 2.87 bits per heavy atom. The molecule has 0 fully saturated rings. The lowest BCUT2D eigenvalue weighted by Gasteiger charge is -2.14. The molecule has 31 heavy (non-hydrogen) atoms. The van der Waals surface area contributed by atoms with Crippen molar-refractivity contribution in [3.8, 4) is 23.0 Å². The minimum atomic E-state index is -0.599. The third-order valence-corrected chi connectivity index (χ3v) is 4.70. The molecule has 158 valence electrons. The highest BCUT2D eigenvalue weighted by atomic mass is 35.5. The van der Waals surface area contributed by atoms with Gasteiger partial charge < -0.3 is 24.9 Å². The predicted molar refractivity (Wildman–Crippen MR) is 117 cm³/mol. The average Bonchev–Trinajstić information content (AvgIpc) is 3.21. The maximum atomic E-state index is 11.0. The summed E-state index contributed by atoms with van der Waals surface area (Å²) in [5.74, 6) is 0.591. The fraction of sp³-hybridized carbons (Fsp3) is 0.136. The SMILES string of the molecule is COc1cc(CNc2cccc(-c3nc4ncccc4o3)c2)cc(Cl)c1OCC(N)=O. The molecule has 4 rings (SSSR count). The smallest absolute Gasteiger partial charge is 0.255 e. The van der Waals surface area contributed by atoms with Gasteiger partial charge in [0.05, 0.1) is 12.1 Å². The molecule has 3 N–H and O–H groups in total. The Balaban J connectivity index is 1.51. The van der Waals surface area contributed by atoms with Gasteiger partial charge in [0, 0.05) is 24.0 Å². The summed E-state index contributed by atoms with van der Waals surface area (Å²) < 4.78 is 16.5. The lowest BCUT2D eigenvalue weighted by molar-refractivity contribution is -0.119. The van der Waals surface area contributed by atoms with Crippen LogP contribution >= 0.6 is 11.6 Å². The van der Waals surface area contributed by atoms with E-state index in [-0.39, 0.29) is 12.4 Å². The van der Waals surface area contributed by atoms with Crippen LogP contribution in [0.1, 0.15) is 5.56 Å². The number of nitrogens with one attached hydrogen (secondary N) is 1. The quantitative estimate of drug-likeness (QED) is 0.427. The molecule has 0 aliphatic rings. The third-order valence-electron chi connectivity index (χ3n) is 4.42. The van der Waals surface area contributed by atoms with Gasteiger partial charge in [0.2, 0.25) is 5.89 Å². The van der Waals surface area contributed by atoms with Crippen LogP contribution in [0.2, 0.25) is 5.02 Å². The largest absolute Gasteiger partial charge is 0.493 e. The van der Waals surface area contributed by atoms with E-state index in [1.165, 1.54) is 7.11 Å². The van der Waals surface area contributed by atoms with Gasteiger partial charge in [-0.3, -0.25) is 4.79 Å². The zero-order valence-corrected chi connectivity index (χ0v) is 17.3. The van der Waals surface area contributed by atoms with E-state index in [9.17, 15) is 4.79 Å². The van der Waals surface area contributed by atoms with E-state index in [1.54, 1.807) is 24.4 Å². The first-order valence-electron chi connectivity index (χ1n) is 9.37. The van der Waals surface area contributed by atoms with Crippen molar-refractivity contribution in [1.29, 1.82) is 0 Å². The Bertz CT molecular complexity index is 1210. The predicted octanol–water partition coefficient (Wildman–Crippen LogP) is 4.03. The Kier molecular flexibility index (Phi) is 5.90. The van der Waals surface area contributed by atoms with Crippen molar-refractivity contribution in [3.63, 3.8) is 0 Å². The third kappa shape index (κ3) is 4.70.